The zero-order valence-electron chi connectivity index (χ0n) is 5.01. The second-order valence-electron chi connectivity index (χ2n) is 1.80. The number of nitrogens with one attached hydrogen (secondary N) is 1. The summed E-state index contributed by atoms with van der Waals surface area (Å²) in [6, 6.07) is 0. The second kappa shape index (κ2) is 1.96. The monoisotopic (exact) mass is 181 g/mol. The standard InChI is InChI=1S/C4H4ClNO3S/c1-2-3(5)4(7)6-10(2,8)9/h1H3,(H,6,7). The number of amides is 1. The van der Waals surface area contributed by atoms with E-state index in [1.807, 2.05) is 0 Å². The summed E-state index contributed by atoms with van der Waals surface area (Å²) in [5, 5.41) is -0.250. The fourth-order valence-electron chi connectivity index (χ4n) is 0.521. The van der Waals surface area contributed by atoms with Gasteiger partial charge in [0.05, 0.1) is 4.91 Å². The number of halogens is 1. The number of rotatable bonds is 0. The molecular formula is C4H4ClNO3S. The molecule has 0 spiro atoms. The van der Waals surface area contributed by atoms with Crippen LogP contribution in [0.5, 0.6) is 0 Å². The Morgan fingerprint density at radius 2 is 2.00 bits per heavy atom. The van der Waals surface area contributed by atoms with Crippen molar-refractivity contribution < 1.29 is 13.2 Å². The van der Waals surface area contributed by atoms with Gasteiger partial charge in [-0.05, 0) is 6.92 Å². The van der Waals surface area contributed by atoms with E-state index < -0.39 is 15.9 Å². The smallest absolute Gasteiger partial charge is 0.267 e. The molecule has 0 aromatic rings. The van der Waals surface area contributed by atoms with E-state index in [9.17, 15) is 13.2 Å². The lowest BCUT2D eigenvalue weighted by Gasteiger charge is -1.90. The molecule has 1 aliphatic rings. The number of sulfonamides is 1. The first-order chi connectivity index (χ1) is 4.45. The minimum atomic E-state index is -3.58. The van der Waals surface area contributed by atoms with Crippen molar-refractivity contribution in [3.05, 3.63) is 9.94 Å². The van der Waals surface area contributed by atoms with Crippen LogP contribution in [0.25, 0.3) is 0 Å². The highest BCUT2D eigenvalue weighted by Gasteiger charge is 2.30. The van der Waals surface area contributed by atoms with Gasteiger partial charge in [-0.1, -0.05) is 11.6 Å². The van der Waals surface area contributed by atoms with Crippen LogP contribution in [0.3, 0.4) is 0 Å². The largest absolute Gasteiger partial charge is 0.277 e. The van der Waals surface area contributed by atoms with E-state index in [-0.39, 0.29) is 9.94 Å². The summed E-state index contributed by atoms with van der Waals surface area (Å²) < 4.78 is 23.1. The average Bonchev–Trinajstić information content (AvgIpc) is 1.95. The molecular weight excluding hydrogens is 178 g/mol. The summed E-state index contributed by atoms with van der Waals surface area (Å²) in [5.41, 5.74) is 0. The topological polar surface area (TPSA) is 63.2 Å². The average molecular weight is 182 g/mol. The minimum absolute atomic E-state index is 0.112. The summed E-state index contributed by atoms with van der Waals surface area (Å²) in [4.78, 5) is 10.4. The maximum atomic E-state index is 10.7. The van der Waals surface area contributed by atoms with Gasteiger partial charge in [0.15, 0.2) is 0 Å². The first-order valence-electron chi connectivity index (χ1n) is 2.38. The first kappa shape index (κ1) is 7.56. The summed E-state index contributed by atoms with van der Waals surface area (Å²) >= 11 is 5.29. The van der Waals surface area contributed by atoms with Gasteiger partial charge in [-0.3, -0.25) is 4.79 Å². The lowest BCUT2D eigenvalue weighted by Crippen LogP contribution is -2.22. The number of hydrogen-bond acceptors (Lipinski definition) is 3. The SMILES string of the molecule is CC1=C(Cl)C(=O)NS1(=O)=O. The van der Waals surface area contributed by atoms with Crippen molar-refractivity contribution >= 4 is 27.5 Å². The van der Waals surface area contributed by atoms with E-state index in [1.165, 1.54) is 6.92 Å². The van der Waals surface area contributed by atoms with Gasteiger partial charge >= 0.3 is 0 Å². The van der Waals surface area contributed by atoms with E-state index in [1.54, 1.807) is 4.72 Å². The summed E-state index contributed by atoms with van der Waals surface area (Å²) in [6.07, 6.45) is 0. The van der Waals surface area contributed by atoms with Gasteiger partial charge in [-0.15, -0.1) is 0 Å². The van der Waals surface area contributed by atoms with Crippen LogP contribution < -0.4 is 4.72 Å². The number of allylic oxidation sites excluding steroid dienone is 1. The molecule has 0 fully saturated rings. The van der Waals surface area contributed by atoms with Crippen molar-refractivity contribution in [2.45, 2.75) is 6.92 Å². The van der Waals surface area contributed by atoms with E-state index in [2.05, 4.69) is 0 Å². The molecule has 1 N–H and O–H groups in total. The van der Waals surface area contributed by atoms with Crippen LogP contribution in [-0.4, -0.2) is 14.3 Å². The van der Waals surface area contributed by atoms with Gasteiger partial charge in [0.1, 0.15) is 5.03 Å². The van der Waals surface area contributed by atoms with Crippen LogP contribution in [0.2, 0.25) is 0 Å². The third-order valence-corrected chi connectivity index (χ3v) is 3.17. The molecule has 0 radical (unpaired) electrons. The van der Waals surface area contributed by atoms with Gasteiger partial charge in [0, 0.05) is 0 Å². The highest BCUT2D eigenvalue weighted by molar-refractivity contribution is 7.94. The Hall–Kier alpha value is -0.550. The molecule has 1 amide bonds. The van der Waals surface area contributed by atoms with Crippen LogP contribution in [0.15, 0.2) is 9.94 Å². The van der Waals surface area contributed by atoms with Gasteiger partial charge in [-0.25, -0.2) is 13.1 Å². The third kappa shape index (κ3) is 0.911. The molecule has 1 rings (SSSR count). The van der Waals surface area contributed by atoms with Gasteiger partial charge < -0.3 is 0 Å². The van der Waals surface area contributed by atoms with Crippen molar-refractivity contribution in [2.24, 2.45) is 0 Å². The molecule has 0 atom stereocenters. The van der Waals surface area contributed by atoms with Crippen LogP contribution in [0.1, 0.15) is 6.92 Å². The minimum Gasteiger partial charge on any atom is -0.267 e. The van der Waals surface area contributed by atoms with Gasteiger partial charge in [-0.2, -0.15) is 0 Å². The molecule has 0 unspecified atom stereocenters. The van der Waals surface area contributed by atoms with Crippen molar-refractivity contribution in [3.8, 4) is 0 Å². The Morgan fingerprint density at radius 3 is 2.10 bits per heavy atom. The predicted octanol–water partition coefficient (Wildman–Crippen LogP) is -0.0837. The number of hydrogen-bond donors (Lipinski definition) is 1. The number of carbonyl (C=O) groups excluding carboxylic acids is 1. The van der Waals surface area contributed by atoms with Gasteiger partial charge in [0.25, 0.3) is 15.9 Å². The molecule has 1 aliphatic heterocycles. The van der Waals surface area contributed by atoms with E-state index in [4.69, 9.17) is 11.6 Å². The quantitative estimate of drug-likeness (QED) is 0.569. The van der Waals surface area contributed by atoms with Crippen LogP contribution in [-0.2, 0) is 14.8 Å². The maximum Gasteiger partial charge on any atom is 0.277 e. The molecule has 56 valence electrons. The summed E-state index contributed by atoms with van der Waals surface area (Å²) in [5.74, 6) is -0.751. The second-order valence-corrected chi connectivity index (χ2v) is 4.01. The molecule has 4 nitrogen and oxygen atoms in total. The van der Waals surface area contributed by atoms with Crippen LogP contribution in [0, 0.1) is 0 Å². The van der Waals surface area contributed by atoms with Crippen molar-refractivity contribution in [3.63, 3.8) is 0 Å². The maximum absolute atomic E-state index is 10.7. The molecule has 0 aromatic heterocycles. The molecule has 0 saturated heterocycles. The van der Waals surface area contributed by atoms with Crippen molar-refractivity contribution in [2.75, 3.05) is 0 Å². The normalized spacial score (nSPS) is 23.2. The molecule has 0 saturated carbocycles. The Balaban J connectivity index is 3.33. The van der Waals surface area contributed by atoms with E-state index in [0.717, 1.165) is 0 Å². The highest BCUT2D eigenvalue weighted by atomic mass is 35.5. The van der Waals surface area contributed by atoms with Crippen LogP contribution >= 0.6 is 11.6 Å². The lowest BCUT2D eigenvalue weighted by atomic mass is 10.5. The predicted molar refractivity (Wildman–Crippen MR) is 35.6 cm³/mol. The van der Waals surface area contributed by atoms with E-state index in [0.29, 0.717) is 0 Å². The fraction of sp³-hybridized carbons (Fsp3) is 0.250. The van der Waals surface area contributed by atoms with Crippen molar-refractivity contribution in [1.29, 1.82) is 0 Å². The van der Waals surface area contributed by atoms with Crippen LogP contribution in [0.4, 0.5) is 0 Å². The summed E-state index contributed by atoms with van der Waals surface area (Å²) in [6.45, 7) is 1.27. The Kier molecular flexibility index (Phi) is 1.48. The van der Waals surface area contributed by atoms with Gasteiger partial charge in [0.2, 0.25) is 0 Å². The first-order valence-corrected chi connectivity index (χ1v) is 4.25. The fourth-order valence-corrected chi connectivity index (χ4v) is 1.76. The Bertz CT molecular complexity index is 315. The summed E-state index contributed by atoms with van der Waals surface area (Å²) in [7, 11) is -3.58. The van der Waals surface area contributed by atoms with Crippen molar-refractivity contribution in [1.82, 2.24) is 4.72 Å². The zero-order chi connectivity index (χ0) is 7.94. The molecule has 6 heteroatoms. The van der Waals surface area contributed by atoms with E-state index >= 15 is 0 Å². The Morgan fingerprint density at radius 1 is 1.50 bits per heavy atom. The Labute approximate surface area is 62.9 Å². The highest BCUT2D eigenvalue weighted by Crippen LogP contribution is 2.20. The lowest BCUT2D eigenvalue weighted by molar-refractivity contribution is -0.115. The number of carbonyl (C=O) groups is 1. The zero-order valence-corrected chi connectivity index (χ0v) is 6.58. The molecule has 1 heterocycles. The third-order valence-electron chi connectivity index (χ3n) is 1.14. The molecule has 0 aromatic carbocycles. The molecule has 0 bridgehead atoms. The molecule has 0 aliphatic carbocycles. The molecule has 10 heavy (non-hydrogen) atoms.